The molecule has 1 fully saturated rings. The van der Waals surface area contributed by atoms with Gasteiger partial charge >= 0.3 is 0 Å². The van der Waals surface area contributed by atoms with E-state index >= 15 is 0 Å². The van der Waals surface area contributed by atoms with Crippen LogP contribution in [0.1, 0.15) is 23.1 Å². The van der Waals surface area contributed by atoms with Gasteiger partial charge in [-0.25, -0.2) is 0 Å². The summed E-state index contributed by atoms with van der Waals surface area (Å²) in [5.41, 5.74) is 3.70. The Morgan fingerprint density at radius 3 is 2.62 bits per heavy atom. The van der Waals surface area contributed by atoms with Gasteiger partial charge in [-0.15, -0.1) is 0 Å². The van der Waals surface area contributed by atoms with Gasteiger partial charge in [0.15, 0.2) is 11.5 Å². The van der Waals surface area contributed by atoms with E-state index in [0.717, 1.165) is 57.2 Å². The van der Waals surface area contributed by atoms with E-state index < -0.39 is 0 Å². The summed E-state index contributed by atoms with van der Waals surface area (Å²) in [6, 6.07) is 14.7. The van der Waals surface area contributed by atoms with Crippen LogP contribution in [0.15, 0.2) is 42.5 Å². The molecule has 140 valence electrons. The molecule has 2 aromatic carbocycles. The molecule has 0 saturated carbocycles. The lowest BCUT2D eigenvalue weighted by Gasteiger charge is -2.26. The largest absolute Gasteiger partial charge is 0.493 e. The molecule has 0 N–H and O–H groups in total. The molecule has 4 heteroatoms. The quantitative estimate of drug-likeness (QED) is 0.720. The Morgan fingerprint density at radius 2 is 1.85 bits per heavy atom. The first kappa shape index (κ1) is 18.7. The lowest BCUT2D eigenvalue weighted by Crippen LogP contribution is -2.36. The number of aryl methyl sites for hydroxylation is 2. The second kappa shape index (κ2) is 9.60. The second-order valence-corrected chi connectivity index (χ2v) is 6.82. The second-order valence-electron chi connectivity index (χ2n) is 6.82. The molecule has 2 aromatic rings. The molecule has 0 bridgehead atoms. The molecule has 0 atom stereocenters. The van der Waals surface area contributed by atoms with Crippen LogP contribution >= 0.6 is 0 Å². The predicted octanol–water partition coefficient (Wildman–Crippen LogP) is 3.85. The number of ether oxygens (including phenoxy) is 3. The molecule has 26 heavy (non-hydrogen) atoms. The van der Waals surface area contributed by atoms with Crippen LogP contribution in [0.2, 0.25) is 0 Å². The van der Waals surface area contributed by atoms with E-state index in [0.29, 0.717) is 6.61 Å². The number of hydrogen-bond acceptors (Lipinski definition) is 4. The minimum Gasteiger partial charge on any atom is -0.493 e. The predicted molar refractivity (Wildman–Crippen MR) is 104 cm³/mol. The third-order valence-electron chi connectivity index (χ3n) is 4.75. The Balaban J connectivity index is 1.53. The highest BCUT2D eigenvalue weighted by Crippen LogP contribution is 2.29. The summed E-state index contributed by atoms with van der Waals surface area (Å²) in [5.74, 6) is 1.60. The lowest BCUT2D eigenvalue weighted by atomic mass is 10.1. The van der Waals surface area contributed by atoms with Crippen LogP contribution in [0, 0.1) is 6.92 Å². The Hall–Kier alpha value is -2.04. The number of nitrogens with zero attached hydrogens (tertiary/aromatic N) is 1. The minimum atomic E-state index is 0.550. The molecule has 1 heterocycles. The highest BCUT2D eigenvalue weighted by molar-refractivity contribution is 5.43. The molecule has 0 aromatic heterocycles. The molecule has 4 nitrogen and oxygen atoms in total. The standard InChI is InChI=1S/C22H29NO3/c1-18-5-3-6-20(15-18)17-26-21-9-8-19(16-22(21)24-2)7-4-10-23-11-13-25-14-12-23/h3,5-6,8-9,15-16H,4,7,10-14,17H2,1-2H3. The van der Waals surface area contributed by atoms with Crippen molar-refractivity contribution in [2.75, 3.05) is 40.0 Å². The van der Waals surface area contributed by atoms with Gasteiger partial charge in [0, 0.05) is 13.1 Å². The van der Waals surface area contributed by atoms with Crippen molar-refractivity contribution < 1.29 is 14.2 Å². The topological polar surface area (TPSA) is 30.9 Å². The SMILES string of the molecule is COc1cc(CCCN2CCOCC2)ccc1OCc1cccc(C)c1. The number of benzene rings is 2. The Labute approximate surface area is 156 Å². The average Bonchev–Trinajstić information content (AvgIpc) is 2.67. The fourth-order valence-electron chi connectivity index (χ4n) is 3.28. The minimum absolute atomic E-state index is 0.550. The van der Waals surface area contributed by atoms with Crippen LogP contribution in [-0.4, -0.2) is 44.9 Å². The smallest absolute Gasteiger partial charge is 0.161 e. The molecule has 0 unspecified atom stereocenters. The van der Waals surface area contributed by atoms with E-state index in [9.17, 15) is 0 Å². The fraction of sp³-hybridized carbons (Fsp3) is 0.455. The Kier molecular flexibility index (Phi) is 6.92. The van der Waals surface area contributed by atoms with E-state index in [1.54, 1.807) is 7.11 Å². The van der Waals surface area contributed by atoms with Crippen LogP contribution in [0.4, 0.5) is 0 Å². The van der Waals surface area contributed by atoms with Crippen LogP contribution < -0.4 is 9.47 Å². The Bertz CT molecular complexity index is 696. The summed E-state index contributed by atoms with van der Waals surface area (Å²) >= 11 is 0. The van der Waals surface area contributed by atoms with Crippen LogP contribution in [0.5, 0.6) is 11.5 Å². The van der Waals surface area contributed by atoms with Gasteiger partial charge in [0.05, 0.1) is 20.3 Å². The highest BCUT2D eigenvalue weighted by atomic mass is 16.5. The molecule has 0 radical (unpaired) electrons. The summed E-state index contributed by atoms with van der Waals surface area (Å²) < 4.78 is 16.9. The zero-order chi connectivity index (χ0) is 18.2. The first-order valence-corrected chi connectivity index (χ1v) is 9.40. The van der Waals surface area contributed by atoms with Gasteiger partial charge in [0.2, 0.25) is 0 Å². The maximum Gasteiger partial charge on any atom is 0.161 e. The molecule has 0 spiro atoms. The third kappa shape index (κ3) is 5.48. The summed E-state index contributed by atoms with van der Waals surface area (Å²) in [5, 5.41) is 0. The number of hydrogen-bond donors (Lipinski definition) is 0. The van der Waals surface area contributed by atoms with Gasteiger partial charge in [-0.1, -0.05) is 35.9 Å². The van der Waals surface area contributed by atoms with Gasteiger partial charge in [0.25, 0.3) is 0 Å². The number of morpholine rings is 1. The average molecular weight is 355 g/mol. The molecule has 1 aliphatic rings. The summed E-state index contributed by atoms with van der Waals surface area (Å²) in [7, 11) is 1.70. The summed E-state index contributed by atoms with van der Waals surface area (Å²) in [4.78, 5) is 2.47. The third-order valence-corrected chi connectivity index (χ3v) is 4.75. The molecular formula is C22H29NO3. The Morgan fingerprint density at radius 1 is 1.00 bits per heavy atom. The van der Waals surface area contributed by atoms with Crippen LogP contribution in [0.25, 0.3) is 0 Å². The van der Waals surface area contributed by atoms with Crippen molar-refractivity contribution in [3.8, 4) is 11.5 Å². The van der Waals surface area contributed by atoms with Crippen LogP contribution in [0.3, 0.4) is 0 Å². The van der Waals surface area contributed by atoms with Crippen molar-refractivity contribution in [2.45, 2.75) is 26.4 Å². The van der Waals surface area contributed by atoms with E-state index in [-0.39, 0.29) is 0 Å². The number of rotatable bonds is 8. The summed E-state index contributed by atoms with van der Waals surface area (Å²) in [6.07, 6.45) is 2.19. The molecule has 0 amide bonds. The maximum absolute atomic E-state index is 5.98. The zero-order valence-electron chi connectivity index (χ0n) is 15.9. The molecular weight excluding hydrogens is 326 g/mol. The van der Waals surface area contributed by atoms with Gasteiger partial charge in [-0.2, -0.15) is 0 Å². The van der Waals surface area contributed by atoms with Gasteiger partial charge in [-0.3, -0.25) is 4.90 Å². The first-order chi connectivity index (χ1) is 12.7. The van der Waals surface area contributed by atoms with Crippen molar-refractivity contribution in [2.24, 2.45) is 0 Å². The highest BCUT2D eigenvalue weighted by Gasteiger charge is 2.10. The van der Waals surface area contributed by atoms with E-state index in [1.807, 2.05) is 6.07 Å². The molecule has 0 aliphatic carbocycles. The zero-order valence-corrected chi connectivity index (χ0v) is 15.9. The lowest BCUT2D eigenvalue weighted by molar-refractivity contribution is 0.0374. The van der Waals surface area contributed by atoms with Gasteiger partial charge in [0.1, 0.15) is 6.61 Å². The summed E-state index contributed by atoms with van der Waals surface area (Å²) in [6.45, 7) is 7.59. The van der Waals surface area contributed by atoms with Crippen molar-refractivity contribution >= 4 is 0 Å². The maximum atomic E-state index is 5.98. The molecule has 1 saturated heterocycles. The van der Waals surface area contributed by atoms with Crippen molar-refractivity contribution in [1.82, 2.24) is 4.90 Å². The van der Waals surface area contributed by atoms with Crippen molar-refractivity contribution in [1.29, 1.82) is 0 Å². The van der Waals surface area contributed by atoms with Crippen molar-refractivity contribution in [3.63, 3.8) is 0 Å². The van der Waals surface area contributed by atoms with E-state index in [1.165, 1.54) is 16.7 Å². The fourth-order valence-corrected chi connectivity index (χ4v) is 3.28. The van der Waals surface area contributed by atoms with Gasteiger partial charge in [-0.05, 0) is 49.6 Å². The molecule has 1 aliphatic heterocycles. The normalized spacial score (nSPS) is 15.0. The van der Waals surface area contributed by atoms with Crippen molar-refractivity contribution in [3.05, 3.63) is 59.2 Å². The first-order valence-electron chi connectivity index (χ1n) is 9.40. The van der Waals surface area contributed by atoms with Gasteiger partial charge < -0.3 is 14.2 Å². The van der Waals surface area contributed by atoms with E-state index in [2.05, 4.69) is 48.2 Å². The van der Waals surface area contributed by atoms with Crippen LogP contribution in [-0.2, 0) is 17.8 Å². The number of methoxy groups -OCH3 is 1. The van der Waals surface area contributed by atoms with E-state index in [4.69, 9.17) is 14.2 Å². The monoisotopic (exact) mass is 355 g/mol. The molecule has 3 rings (SSSR count).